The summed E-state index contributed by atoms with van der Waals surface area (Å²) in [6.07, 6.45) is 2.54. The third-order valence-corrected chi connectivity index (χ3v) is 3.48. The zero-order chi connectivity index (χ0) is 14.5. The van der Waals surface area contributed by atoms with Gasteiger partial charge >= 0.3 is 5.97 Å². The molecule has 104 valence electrons. The average molecular weight is 329 g/mol. The van der Waals surface area contributed by atoms with Gasteiger partial charge in [0.2, 0.25) is 5.91 Å². The summed E-state index contributed by atoms with van der Waals surface area (Å²) in [6.45, 7) is 3.27. The number of hydrogen-bond donors (Lipinski definition) is 2. The zero-order valence-corrected chi connectivity index (χ0v) is 12.5. The van der Waals surface area contributed by atoms with Crippen LogP contribution in [-0.4, -0.2) is 28.5 Å². The van der Waals surface area contributed by atoms with E-state index in [1.165, 1.54) is 0 Å². The molecule has 1 aromatic rings. The number of halogens is 1. The van der Waals surface area contributed by atoms with Gasteiger partial charge in [0.25, 0.3) is 0 Å². The van der Waals surface area contributed by atoms with Gasteiger partial charge in [-0.2, -0.15) is 0 Å². The number of aromatic nitrogens is 1. The van der Waals surface area contributed by atoms with Crippen LogP contribution in [0, 0.1) is 5.41 Å². The summed E-state index contributed by atoms with van der Waals surface area (Å²) in [7, 11) is 0. The van der Waals surface area contributed by atoms with Crippen molar-refractivity contribution in [1.29, 1.82) is 0 Å². The van der Waals surface area contributed by atoms with Gasteiger partial charge in [-0.05, 0) is 47.8 Å². The molecule has 0 aromatic carbocycles. The summed E-state index contributed by atoms with van der Waals surface area (Å²) in [5, 5.41) is 11.6. The number of hydrogen-bond acceptors (Lipinski definition) is 3. The lowest BCUT2D eigenvalue weighted by atomic mass is 9.94. The molecule has 0 atom stereocenters. The molecule has 1 amide bonds. The minimum atomic E-state index is -0.954. The van der Waals surface area contributed by atoms with Gasteiger partial charge in [-0.3, -0.25) is 9.59 Å². The quantitative estimate of drug-likeness (QED) is 0.783. The Hall–Kier alpha value is -1.43. The van der Waals surface area contributed by atoms with Crippen LogP contribution in [0.25, 0.3) is 0 Å². The Morgan fingerprint density at radius 2 is 2.16 bits per heavy atom. The number of nitrogens with zero attached hydrogens (tertiary/aromatic N) is 1. The van der Waals surface area contributed by atoms with Crippen molar-refractivity contribution in [3.63, 3.8) is 0 Å². The monoisotopic (exact) mass is 328 g/mol. The summed E-state index contributed by atoms with van der Waals surface area (Å²) in [6, 6.07) is 3.71. The van der Waals surface area contributed by atoms with Crippen LogP contribution in [-0.2, 0) is 16.0 Å². The van der Waals surface area contributed by atoms with Crippen molar-refractivity contribution in [1.82, 2.24) is 10.3 Å². The molecule has 19 heavy (non-hydrogen) atoms. The Bertz CT molecular complexity index is 475. The van der Waals surface area contributed by atoms with Gasteiger partial charge in [-0.1, -0.05) is 6.07 Å². The number of carbonyl (C=O) groups is 2. The SMILES string of the molecule is CC(C)(CNC(=O)CCc1cccnc1Br)C(=O)O. The Kier molecular flexibility index (Phi) is 5.47. The second-order valence-electron chi connectivity index (χ2n) is 4.92. The molecule has 5 nitrogen and oxygen atoms in total. The van der Waals surface area contributed by atoms with Crippen LogP contribution < -0.4 is 5.32 Å². The smallest absolute Gasteiger partial charge is 0.310 e. The van der Waals surface area contributed by atoms with Crippen molar-refractivity contribution in [3.05, 3.63) is 28.5 Å². The Labute approximate surface area is 120 Å². The van der Waals surface area contributed by atoms with Crippen LogP contribution in [0.3, 0.4) is 0 Å². The summed E-state index contributed by atoms with van der Waals surface area (Å²) in [4.78, 5) is 26.6. The van der Waals surface area contributed by atoms with E-state index in [0.717, 1.165) is 10.2 Å². The number of aliphatic carboxylic acids is 1. The third kappa shape index (κ3) is 4.98. The Morgan fingerprint density at radius 1 is 1.47 bits per heavy atom. The minimum absolute atomic E-state index is 0.120. The van der Waals surface area contributed by atoms with Crippen LogP contribution in [0.15, 0.2) is 22.9 Å². The first-order valence-corrected chi connectivity index (χ1v) is 6.72. The van der Waals surface area contributed by atoms with Crippen LogP contribution >= 0.6 is 15.9 Å². The molecule has 6 heteroatoms. The number of aryl methyl sites for hydroxylation is 1. The topological polar surface area (TPSA) is 79.3 Å². The van der Waals surface area contributed by atoms with E-state index < -0.39 is 11.4 Å². The van der Waals surface area contributed by atoms with Crippen molar-refractivity contribution in [2.75, 3.05) is 6.54 Å². The van der Waals surface area contributed by atoms with Crippen LogP contribution in [0.1, 0.15) is 25.8 Å². The highest BCUT2D eigenvalue weighted by Gasteiger charge is 2.27. The van der Waals surface area contributed by atoms with Crippen molar-refractivity contribution < 1.29 is 14.7 Å². The first kappa shape index (κ1) is 15.6. The lowest BCUT2D eigenvalue weighted by Crippen LogP contribution is -2.38. The van der Waals surface area contributed by atoms with E-state index >= 15 is 0 Å². The van der Waals surface area contributed by atoms with Gasteiger partial charge in [-0.15, -0.1) is 0 Å². The molecule has 1 heterocycles. The van der Waals surface area contributed by atoms with Crippen molar-refractivity contribution in [2.45, 2.75) is 26.7 Å². The number of carboxylic acid groups (broad SMARTS) is 1. The molecule has 0 fully saturated rings. The molecule has 1 rings (SSSR count). The minimum Gasteiger partial charge on any atom is -0.481 e. The normalized spacial score (nSPS) is 11.1. The molecule has 0 saturated carbocycles. The van der Waals surface area contributed by atoms with Gasteiger partial charge in [0.15, 0.2) is 0 Å². The standard InChI is InChI=1S/C13H17BrN2O3/c1-13(2,12(18)19)8-16-10(17)6-5-9-4-3-7-15-11(9)14/h3-4,7H,5-6,8H2,1-2H3,(H,16,17)(H,18,19). The molecule has 0 bridgehead atoms. The average Bonchev–Trinajstić information content (AvgIpc) is 2.35. The summed E-state index contributed by atoms with van der Waals surface area (Å²) < 4.78 is 0.730. The molecular formula is C13H17BrN2O3. The second kappa shape index (κ2) is 6.65. The summed E-state index contributed by atoms with van der Waals surface area (Å²) in [5.74, 6) is -1.09. The van der Waals surface area contributed by atoms with Crippen LogP contribution in [0.2, 0.25) is 0 Å². The predicted octanol–water partition coefficient (Wildman–Crippen LogP) is 2.00. The molecule has 2 N–H and O–H groups in total. The van der Waals surface area contributed by atoms with E-state index in [1.54, 1.807) is 20.0 Å². The van der Waals surface area contributed by atoms with E-state index in [2.05, 4.69) is 26.2 Å². The van der Waals surface area contributed by atoms with Gasteiger partial charge in [0.05, 0.1) is 5.41 Å². The zero-order valence-electron chi connectivity index (χ0n) is 10.9. The number of nitrogens with one attached hydrogen (secondary N) is 1. The number of pyridine rings is 1. The highest BCUT2D eigenvalue weighted by molar-refractivity contribution is 9.10. The molecule has 0 radical (unpaired) electrons. The first-order valence-electron chi connectivity index (χ1n) is 5.92. The van der Waals surface area contributed by atoms with Crippen molar-refractivity contribution in [2.24, 2.45) is 5.41 Å². The highest BCUT2D eigenvalue weighted by Crippen LogP contribution is 2.15. The molecular weight excluding hydrogens is 312 g/mol. The molecule has 0 aliphatic heterocycles. The Morgan fingerprint density at radius 3 is 2.74 bits per heavy atom. The maximum absolute atomic E-state index is 11.7. The third-order valence-electron chi connectivity index (χ3n) is 2.76. The molecule has 0 aliphatic rings. The first-order chi connectivity index (χ1) is 8.83. The number of carboxylic acids is 1. The van der Waals surface area contributed by atoms with E-state index in [0.29, 0.717) is 12.8 Å². The highest BCUT2D eigenvalue weighted by atomic mass is 79.9. The fraction of sp³-hybridized carbons (Fsp3) is 0.462. The van der Waals surface area contributed by atoms with Crippen LogP contribution in [0.4, 0.5) is 0 Å². The van der Waals surface area contributed by atoms with Crippen LogP contribution in [0.5, 0.6) is 0 Å². The second-order valence-corrected chi connectivity index (χ2v) is 5.67. The van der Waals surface area contributed by atoms with Gasteiger partial charge in [0.1, 0.15) is 4.60 Å². The predicted molar refractivity (Wildman–Crippen MR) is 74.7 cm³/mol. The van der Waals surface area contributed by atoms with Crippen molar-refractivity contribution in [3.8, 4) is 0 Å². The summed E-state index contributed by atoms with van der Waals surface area (Å²) >= 11 is 3.32. The maximum atomic E-state index is 11.7. The van der Waals surface area contributed by atoms with E-state index in [-0.39, 0.29) is 12.5 Å². The summed E-state index contributed by atoms with van der Waals surface area (Å²) in [5.41, 5.74) is 0.0000141. The lowest BCUT2D eigenvalue weighted by Gasteiger charge is -2.19. The number of amides is 1. The van der Waals surface area contributed by atoms with E-state index in [9.17, 15) is 9.59 Å². The van der Waals surface area contributed by atoms with Gasteiger partial charge < -0.3 is 10.4 Å². The van der Waals surface area contributed by atoms with E-state index in [4.69, 9.17) is 5.11 Å². The molecule has 0 aliphatic carbocycles. The maximum Gasteiger partial charge on any atom is 0.310 e. The molecule has 0 unspecified atom stereocenters. The lowest BCUT2D eigenvalue weighted by molar-refractivity contribution is -0.146. The fourth-order valence-corrected chi connectivity index (χ4v) is 1.79. The Balaban J connectivity index is 2.41. The molecule has 1 aromatic heterocycles. The van der Waals surface area contributed by atoms with E-state index in [1.807, 2.05) is 12.1 Å². The molecule has 0 spiro atoms. The molecule has 0 saturated heterocycles. The number of rotatable bonds is 6. The van der Waals surface area contributed by atoms with Gasteiger partial charge in [0, 0.05) is 19.2 Å². The fourth-order valence-electron chi connectivity index (χ4n) is 1.34. The largest absolute Gasteiger partial charge is 0.481 e. The number of carbonyl (C=O) groups excluding carboxylic acids is 1. The van der Waals surface area contributed by atoms with Crippen molar-refractivity contribution >= 4 is 27.8 Å². The van der Waals surface area contributed by atoms with Gasteiger partial charge in [-0.25, -0.2) is 4.98 Å².